The molecular formula is C19H23NO4. The van der Waals surface area contributed by atoms with Gasteiger partial charge in [0.25, 0.3) is 0 Å². The molecule has 1 aromatic rings. The second-order valence-corrected chi connectivity index (χ2v) is 6.81. The highest BCUT2D eigenvalue weighted by atomic mass is 16.5. The van der Waals surface area contributed by atoms with E-state index < -0.39 is 12.0 Å². The smallest absolute Gasteiger partial charge is 0.329 e. The molecule has 0 radical (unpaired) electrons. The number of carbonyl (C=O) groups excluding carboxylic acids is 3. The van der Waals surface area contributed by atoms with E-state index in [4.69, 9.17) is 4.74 Å². The minimum Gasteiger partial charge on any atom is -0.459 e. The third kappa shape index (κ3) is 3.07. The number of imide groups is 1. The van der Waals surface area contributed by atoms with Crippen LogP contribution in [-0.4, -0.2) is 28.7 Å². The Hall–Kier alpha value is -2.17. The van der Waals surface area contributed by atoms with Crippen LogP contribution < -0.4 is 0 Å². The van der Waals surface area contributed by atoms with E-state index in [9.17, 15) is 14.4 Å². The molecule has 0 aromatic heterocycles. The maximum absolute atomic E-state index is 12.5. The van der Waals surface area contributed by atoms with Crippen LogP contribution in [0.25, 0.3) is 0 Å². The zero-order chi connectivity index (χ0) is 17.3. The topological polar surface area (TPSA) is 63.7 Å². The molecule has 1 saturated carbocycles. The molecule has 128 valence electrons. The number of ether oxygens (including phenoxy) is 1. The molecule has 0 N–H and O–H groups in total. The SMILES string of the molecule is Cc1ccc(COC(=O)[C@H](C)N2C(=O)[C@H]3CCCC[C@@H]3C2=O)cc1. The average molecular weight is 329 g/mol. The molecule has 1 heterocycles. The Balaban J connectivity index is 1.63. The summed E-state index contributed by atoms with van der Waals surface area (Å²) in [7, 11) is 0. The number of likely N-dealkylation sites (tertiary alicyclic amines) is 1. The lowest BCUT2D eigenvalue weighted by Gasteiger charge is -2.21. The summed E-state index contributed by atoms with van der Waals surface area (Å²) in [6.07, 6.45) is 3.44. The predicted molar refractivity (Wildman–Crippen MR) is 87.7 cm³/mol. The molecule has 5 nitrogen and oxygen atoms in total. The van der Waals surface area contributed by atoms with Gasteiger partial charge >= 0.3 is 5.97 Å². The van der Waals surface area contributed by atoms with Crippen LogP contribution in [0.15, 0.2) is 24.3 Å². The summed E-state index contributed by atoms with van der Waals surface area (Å²) in [5.41, 5.74) is 2.02. The molecule has 5 heteroatoms. The van der Waals surface area contributed by atoms with E-state index in [1.54, 1.807) is 6.92 Å². The summed E-state index contributed by atoms with van der Waals surface area (Å²) in [5, 5.41) is 0. The van der Waals surface area contributed by atoms with E-state index in [1.165, 1.54) is 0 Å². The number of benzene rings is 1. The molecule has 2 amide bonds. The number of amides is 2. The first-order valence-corrected chi connectivity index (χ1v) is 8.58. The standard InChI is InChI=1S/C19H23NO4/c1-12-7-9-14(10-8-12)11-24-19(23)13(2)20-17(21)15-5-3-4-6-16(15)18(20)22/h7-10,13,15-16H,3-6,11H2,1-2H3/t13-,15-,16-/m0/s1. The van der Waals surface area contributed by atoms with E-state index in [1.807, 2.05) is 31.2 Å². The van der Waals surface area contributed by atoms with Gasteiger partial charge in [0.15, 0.2) is 0 Å². The first-order valence-electron chi connectivity index (χ1n) is 8.58. The van der Waals surface area contributed by atoms with Gasteiger partial charge in [-0.05, 0) is 32.3 Å². The van der Waals surface area contributed by atoms with Crippen molar-refractivity contribution in [1.29, 1.82) is 0 Å². The van der Waals surface area contributed by atoms with Crippen molar-refractivity contribution in [2.45, 2.75) is 52.2 Å². The average Bonchev–Trinajstić information content (AvgIpc) is 2.85. The van der Waals surface area contributed by atoms with E-state index in [0.717, 1.165) is 41.7 Å². The first-order chi connectivity index (χ1) is 11.5. The maximum Gasteiger partial charge on any atom is 0.329 e. The van der Waals surface area contributed by atoms with Crippen LogP contribution in [0.1, 0.15) is 43.7 Å². The van der Waals surface area contributed by atoms with Crippen LogP contribution in [0.3, 0.4) is 0 Å². The molecule has 1 aliphatic heterocycles. The molecule has 1 saturated heterocycles. The van der Waals surface area contributed by atoms with Crippen molar-refractivity contribution in [2.75, 3.05) is 0 Å². The van der Waals surface area contributed by atoms with Gasteiger partial charge in [-0.3, -0.25) is 14.5 Å². The molecule has 2 fully saturated rings. The lowest BCUT2D eigenvalue weighted by Crippen LogP contribution is -2.44. The van der Waals surface area contributed by atoms with E-state index in [2.05, 4.69) is 0 Å². The van der Waals surface area contributed by atoms with E-state index in [-0.39, 0.29) is 30.3 Å². The second kappa shape index (κ2) is 6.75. The fraction of sp³-hybridized carbons (Fsp3) is 0.526. The number of carbonyl (C=O) groups is 3. The normalized spacial score (nSPS) is 24.7. The molecule has 1 aromatic carbocycles. The molecule has 1 aliphatic carbocycles. The van der Waals surface area contributed by atoms with Crippen LogP contribution in [-0.2, 0) is 25.7 Å². The number of fused-ring (bicyclic) bond motifs is 1. The minimum absolute atomic E-state index is 0.145. The molecule has 2 aliphatic rings. The zero-order valence-electron chi connectivity index (χ0n) is 14.2. The van der Waals surface area contributed by atoms with Gasteiger partial charge in [-0.1, -0.05) is 42.7 Å². The van der Waals surface area contributed by atoms with Gasteiger partial charge < -0.3 is 4.74 Å². The summed E-state index contributed by atoms with van der Waals surface area (Å²) in [6, 6.07) is 6.83. The van der Waals surface area contributed by atoms with Crippen molar-refractivity contribution in [1.82, 2.24) is 4.90 Å². The molecule has 24 heavy (non-hydrogen) atoms. The molecule has 0 bridgehead atoms. The van der Waals surface area contributed by atoms with Gasteiger partial charge in [-0.2, -0.15) is 0 Å². The second-order valence-electron chi connectivity index (χ2n) is 6.81. The van der Waals surface area contributed by atoms with Gasteiger partial charge in [0.1, 0.15) is 12.6 Å². The Bertz CT molecular complexity index is 628. The summed E-state index contributed by atoms with van der Waals surface area (Å²) < 4.78 is 5.31. The fourth-order valence-corrected chi connectivity index (χ4v) is 3.63. The first kappa shape index (κ1) is 16.7. The quantitative estimate of drug-likeness (QED) is 0.629. The van der Waals surface area contributed by atoms with Gasteiger partial charge in [0.05, 0.1) is 11.8 Å². The molecule has 3 atom stereocenters. The van der Waals surface area contributed by atoms with Crippen molar-refractivity contribution in [3.63, 3.8) is 0 Å². The Kier molecular flexibility index (Phi) is 4.69. The summed E-state index contributed by atoms with van der Waals surface area (Å²) in [4.78, 5) is 38.4. The van der Waals surface area contributed by atoms with Crippen molar-refractivity contribution in [3.8, 4) is 0 Å². The molecular weight excluding hydrogens is 306 g/mol. The molecule has 0 spiro atoms. The number of rotatable bonds is 4. The van der Waals surface area contributed by atoms with Gasteiger partial charge in [-0.15, -0.1) is 0 Å². The largest absolute Gasteiger partial charge is 0.459 e. The lowest BCUT2D eigenvalue weighted by molar-refractivity contribution is -0.159. The summed E-state index contributed by atoms with van der Waals surface area (Å²) >= 11 is 0. The van der Waals surface area contributed by atoms with Crippen LogP contribution in [0.5, 0.6) is 0 Å². The van der Waals surface area contributed by atoms with Gasteiger partial charge in [-0.25, -0.2) is 4.79 Å². The predicted octanol–water partition coefficient (Wildman–Crippen LogP) is 2.60. The van der Waals surface area contributed by atoms with Gasteiger partial charge in [0.2, 0.25) is 11.8 Å². The zero-order valence-corrected chi connectivity index (χ0v) is 14.2. The Morgan fingerprint density at radius 3 is 2.21 bits per heavy atom. The fourth-order valence-electron chi connectivity index (χ4n) is 3.63. The van der Waals surface area contributed by atoms with Crippen LogP contribution in [0, 0.1) is 18.8 Å². The number of nitrogens with zero attached hydrogens (tertiary/aromatic N) is 1. The minimum atomic E-state index is -0.860. The van der Waals surface area contributed by atoms with E-state index >= 15 is 0 Å². The van der Waals surface area contributed by atoms with Crippen LogP contribution >= 0.6 is 0 Å². The Labute approximate surface area is 142 Å². The highest BCUT2D eigenvalue weighted by molar-refractivity contribution is 6.07. The van der Waals surface area contributed by atoms with Gasteiger partial charge in [0, 0.05) is 0 Å². The Morgan fingerprint density at radius 1 is 1.12 bits per heavy atom. The van der Waals surface area contributed by atoms with Crippen molar-refractivity contribution < 1.29 is 19.1 Å². The highest BCUT2D eigenvalue weighted by Gasteiger charge is 2.51. The molecule has 0 unspecified atom stereocenters. The lowest BCUT2D eigenvalue weighted by atomic mass is 9.81. The van der Waals surface area contributed by atoms with Crippen molar-refractivity contribution >= 4 is 17.8 Å². The molecule has 3 rings (SSSR count). The number of hydrogen-bond acceptors (Lipinski definition) is 4. The van der Waals surface area contributed by atoms with Crippen molar-refractivity contribution in [2.24, 2.45) is 11.8 Å². The van der Waals surface area contributed by atoms with Crippen LogP contribution in [0.2, 0.25) is 0 Å². The summed E-state index contributed by atoms with van der Waals surface area (Å²) in [5.74, 6) is -1.41. The Morgan fingerprint density at radius 2 is 1.67 bits per heavy atom. The number of aryl methyl sites for hydroxylation is 1. The third-order valence-electron chi connectivity index (χ3n) is 5.11. The van der Waals surface area contributed by atoms with Crippen LogP contribution in [0.4, 0.5) is 0 Å². The van der Waals surface area contributed by atoms with E-state index in [0.29, 0.717) is 0 Å². The third-order valence-corrected chi connectivity index (χ3v) is 5.11. The highest BCUT2D eigenvalue weighted by Crippen LogP contribution is 2.38. The number of hydrogen-bond donors (Lipinski definition) is 0. The maximum atomic E-state index is 12.5. The number of esters is 1. The monoisotopic (exact) mass is 329 g/mol. The summed E-state index contributed by atoms with van der Waals surface area (Å²) in [6.45, 7) is 3.71. The van der Waals surface area contributed by atoms with Crippen molar-refractivity contribution in [3.05, 3.63) is 35.4 Å².